The Hall–Kier alpha value is -1.41. The average Bonchev–Trinajstić information content (AvgIpc) is 1.11. The molecule has 45 heteroatoms. The van der Waals surface area contributed by atoms with Gasteiger partial charge in [-0.25, -0.2) is 0 Å². The minimum absolute atomic E-state index is 0.0145. The summed E-state index contributed by atoms with van der Waals surface area (Å²) in [5.41, 5.74) is 0. The average molecular weight is 1970 g/mol. The highest BCUT2D eigenvalue weighted by atomic mass is 32.1. The van der Waals surface area contributed by atoms with Gasteiger partial charge in [0, 0.05) is 5.75 Å². The van der Waals surface area contributed by atoms with Crippen LogP contribution in [-0.4, -0.2) is 586 Å². The third-order valence-corrected chi connectivity index (χ3v) is 16.3. The Kier molecular flexibility index (Phi) is 129. The van der Waals surface area contributed by atoms with Crippen molar-refractivity contribution in [2.24, 2.45) is 0 Å². The third kappa shape index (κ3) is 131. The molecule has 0 radical (unpaired) electrons. The monoisotopic (exact) mass is 1970 g/mol. The summed E-state index contributed by atoms with van der Waals surface area (Å²) >= 11 is 4.08. The molecule has 0 aliphatic rings. The molecule has 133 heavy (non-hydrogen) atoms. The maximum Gasteiger partial charge on any atom is 0.0701 e. The number of thiol groups is 1. The lowest BCUT2D eigenvalue weighted by Crippen LogP contribution is -2.16. The SMILES string of the molecule is OCCOCCOCCOCCOCCOCCOCCOCCOCCOCCOCCOCCOCCOCCOCCOCCOCCOCCOCCOCCOCCOCCOCCOCCOCCOCCOCCOCCOCCOCCOCCOCCOCCOCCOCCOCCOCCOCCOCCOCCOCCOCCOCCOCCS. The van der Waals surface area contributed by atoms with Crippen LogP contribution in [0.5, 0.6) is 0 Å². The van der Waals surface area contributed by atoms with E-state index in [-0.39, 0.29) is 6.61 Å². The Morgan fingerprint density at radius 1 is 0.0752 bits per heavy atom. The molecule has 1 N–H and O–H groups in total. The number of ether oxygens (including phenoxy) is 43. The Balaban J connectivity index is 3.10. The minimum Gasteiger partial charge on any atom is -0.394 e. The predicted octanol–water partition coefficient (Wildman–Crippen LogP) is 0.622. The summed E-state index contributed by atoms with van der Waals surface area (Å²) in [6.45, 7) is 41.5. The zero-order valence-electron chi connectivity index (χ0n) is 80.7. The molecule has 0 bridgehead atoms. The third-order valence-electron chi connectivity index (χ3n) is 16.1. The molecule has 0 rings (SSSR count). The van der Waals surface area contributed by atoms with E-state index in [0.29, 0.717) is 574 Å². The second kappa shape index (κ2) is 131. The summed E-state index contributed by atoms with van der Waals surface area (Å²) < 4.78 is 237. The molecule has 44 nitrogen and oxygen atoms in total. The van der Waals surface area contributed by atoms with Crippen LogP contribution in [0.25, 0.3) is 0 Å². The van der Waals surface area contributed by atoms with Crippen molar-refractivity contribution in [1.82, 2.24) is 0 Å². The van der Waals surface area contributed by atoms with Crippen LogP contribution < -0.4 is 0 Å². The van der Waals surface area contributed by atoms with E-state index in [1.807, 2.05) is 0 Å². The molecule has 0 aromatic rings. The number of aliphatic hydroxyl groups excluding tert-OH is 1. The summed E-state index contributed by atoms with van der Waals surface area (Å²) in [4.78, 5) is 0. The number of hydrogen-bond acceptors (Lipinski definition) is 45. The van der Waals surface area contributed by atoms with Crippen molar-refractivity contribution in [2.75, 3.05) is 581 Å². The molecular weight excluding hydrogens is 1790 g/mol. The highest BCUT2D eigenvalue weighted by Gasteiger charge is 2.06. The van der Waals surface area contributed by atoms with Gasteiger partial charge < -0.3 is 209 Å². The molecule has 0 atom stereocenters. The molecule has 0 spiro atoms. The molecule has 0 saturated heterocycles. The molecule has 0 heterocycles. The molecule has 0 saturated carbocycles. The van der Waals surface area contributed by atoms with Crippen LogP contribution in [0.3, 0.4) is 0 Å². The normalized spacial score (nSPS) is 11.9. The van der Waals surface area contributed by atoms with Crippen LogP contribution in [0, 0.1) is 0 Å². The van der Waals surface area contributed by atoms with E-state index in [4.69, 9.17) is 209 Å². The number of rotatable bonds is 130. The van der Waals surface area contributed by atoms with Crippen molar-refractivity contribution in [3.8, 4) is 0 Å². The summed E-state index contributed by atoms with van der Waals surface area (Å²) in [6, 6.07) is 0. The van der Waals surface area contributed by atoms with Crippen LogP contribution in [-0.2, 0) is 204 Å². The Morgan fingerprint density at radius 2 is 0.120 bits per heavy atom. The molecule has 0 aromatic heterocycles. The fourth-order valence-electron chi connectivity index (χ4n) is 9.47. The van der Waals surface area contributed by atoms with Crippen LogP contribution in [0.4, 0.5) is 0 Å². The van der Waals surface area contributed by atoms with Crippen molar-refractivity contribution in [3.05, 3.63) is 0 Å². The Labute approximate surface area is 798 Å². The summed E-state index contributed by atoms with van der Waals surface area (Å²) in [7, 11) is 0. The van der Waals surface area contributed by atoms with E-state index < -0.39 is 0 Å². The van der Waals surface area contributed by atoms with Gasteiger partial charge in [-0.1, -0.05) is 0 Å². The molecule has 0 amide bonds. The fraction of sp³-hybridized carbons (Fsp3) is 1.00. The van der Waals surface area contributed by atoms with E-state index in [1.165, 1.54) is 0 Å². The van der Waals surface area contributed by atoms with Crippen LogP contribution in [0.2, 0.25) is 0 Å². The van der Waals surface area contributed by atoms with Crippen molar-refractivity contribution in [1.29, 1.82) is 0 Å². The number of aliphatic hydroxyl groups is 1. The highest BCUT2D eigenvalue weighted by molar-refractivity contribution is 7.80. The van der Waals surface area contributed by atoms with Gasteiger partial charge in [-0.2, -0.15) is 12.6 Å². The second-order valence-corrected chi connectivity index (χ2v) is 27.2. The number of hydrogen-bond donors (Lipinski definition) is 2. The first-order valence-electron chi connectivity index (χ1n) is 47.5. The van der Waals surface area contributed by atoms with Crippen LogP contribution in [0.1, 0.15) is 0 Å². The van der Waals surface area contributed by atoms with Gasteiger partial charge in [0.25, 0.3) is 0 Å². The zero-order chi connectivity index (χ0) is 94.6. The lowest BCUT2D eigenvalue weighted by Gasteiger charge is -2.09. The Morgan fingerprint density at radius 3 is 0.165 bits per heavy atom. The minimum atomic E-state index is 0.0145. The van der Waals surface area contributed by atoms with Crippen molar-refractivity contribution in [3.63, 3.8) is 0 Å². The van der Waals surface area contributed by atoms with Gasteiger partial charge >= 0.3 is 0 Å². The molecule has 0 aliphatic heterocycles. The first-order valence-corrected chi connectivity index (χ1v) is 48.1. The molecule has 0 aliphatic carbocycles. The summed E-state index contributed by atoms with van der Waals surface area (Å²) in [5, 5.41) is 8.63. The maximum atomic E-state index is 8.63. The van der Waals surface area contributed by atoms with Gasteiger partial charge in [0.15, 0.2) is 0 Å². The van der Waals surface area contributed by atoms with E-state index >= 15 is 0 Å². The smallest absolute Gasteiger partial charge is 0.0701 e. The molecule has 0 unspecified atom stereocenters. The summed E-state index contributed by atoms with van der Waals surface area (Å²) in [5.74, 6) is 0.709. The second-order valence-electron chi connectivity index (χ2n) is 26.8. The highest BCUT2D eigenvalue weighted by Crippen LogP contribution is 1.97. The van der Waals surface area contributed by atoms with Gasteiger partial charge in [-0.05, 0) is 0 Å². The van der Waals surface area contributed by atoms with E-state index in [9.17, 15) is 0 Å². The zero-order valence-corrected chi connectivity index (χ0v) is 81.6. The quantitative estimate of drug-likeness (QED) is 0.0622. The molecule has 0 fully saturated rings. The van der Waals surface area contributed by atoms with Crippen LogP contribution >= 0.6 is 12.6 Å². The van der Waals surface area contributed by atoms with E-state index in [1.54, 1.807) is 0 Å². The lowest BCUT2D eigenvalue weighted by molar-refractivity contribution is -0.0329. The predicted molar refractivity (Wildman–Crippen MR) is 486 cm³/mol. The van der Waals surface area contributed by atoms with Gasteiger partial charge in [0.1, 0.15) is 0 Å². The van der Waals surface area contributed by atoms with Crippen LogP contribution in [0.15, 0.2) is 0 Å². The molecule has 800 valence electrons. The fourth-order valence-corrected chi connectivity index (χ4v) is 9.60. The topological polar surface area (TPSA) is 417 Å². The Bertz CT molecular complexity index is 1710. The lowest BCUT2D eigenvalue weighted by atomic mass is 10.6. The first kappa shape index (κ1) is 132. The van der Waals surface area contributed by atoms with Crippen molar-refractivity contribution < 1.29 is 209 Å². The maximum absolute atomic E-state index is 8.63. The molecular formula is C88H178O44S. The summed E-state index contributed by atoms with van der Waals surface area (Å²) in [6.07, 6.45) is 0. The van der Waals surface area contributed by atoms with Gasteiger partial charge in [0.2, 0.25) is 0 Å². The van der Waals surface area contributed by atoms with Crippen molar-refractivity contribution >= 4 is 12.6 Å². The van der Waals surface area contributed by atoms with Gasteiger partial charge in [-0.3, -0.25) is 0 Å². The van der Waals surface area contributed by atoms with E-state index in [2.05, 4.69) is 12.6 Å². The standard InChI is InChI=1S/C88H178O44S/c89-1-2-90-3-4-91-5-6-92-7-8-93-9-10-94-11-12-95-13-14-96-15-16-97-17-18-98-19-20-99-21-22-100-23-24-101-25-26-102-27-28-103-29-30-104-31-32-105-33-34-106-35-36-107-37-38-108-39-40-109-41-42-110-43-44-111-45-46-112-47-48-113-49-50-114-51-52-115-53-54-116-55-56-117-57-58-118-59-60-119-61-62-120-63-64-121-65-66-122-67-68-123-69-70-124-71-72-125-73-74-126-75-76-127-77-78-128-79-80-129-81-82-130-83-84-131-85-86-132-87-88-133/h89,133H,1-88H2. The first-order chi connectivity index (χ1) is 66.4. The van der Waals surface area contributed by atoms with Gasteiger partial charge in [-0.15, -0.1) is 0 Å². The molecule has 0 aromatic carbocycles. The van der Waals surface area contributed by atoms with Gasteiger partial charge in [0.05, 0.1) is 575 Å². The van der Waals surface area contributed by atoms with Crippen molar-refractivity contribution in [2.45, 2.75) is 0 Å². The van der Waals surface area contributed by atoms with E-state index in [0.717, 1.165) is 0 Å². The largest absolute Gasteiger partial charge is 0.394 e.